The van der Waals surface area contributed by atoms with E-state index in [0.717, 1.165) is 54.7 Å². The van der Waals surface area contributed by atoms with Gasteiger partial charge >= 0.3 is 0 Å². The SMILES string of the molecule is COc1ccc(OC)c([C@@H](c2nnnn2C2CCCCC2)N2CCC(C)CC2)c1. The molecule has 0 spiro atoms. The minimum Gasteiger partial charge on any atom is -0.497 e. The molecule has 2 heterocycles. The van der Waals surface area contributed by atoms with E-state index in [9.17, 15) is 0 Å². The molecule has 7 nitrogen and oxygen atoms in total. The Hall–Kier alpha value is -2.15. The van der Waals surface area contributed by atoms with Crippen molar-refractivity contribution in [3.63, 3.8) is 0 Å². The zero-order valence-electron chi connectivity index (χ0n) is 17.9. The van der Waals surface area contributed by atoms with E-state index in [1.165, 1.54) is 32.1 Å². The van der Waals surface area contributed by atoms with Crippen molar-refractivity contribution in [3.8, 4) is 11.5 Å². The number of methoxy groups -OCH3 is 2. The molecule has 0 bridgehead atoms. The Kier molecular flexibility index (Phi) is 6.33. The van der Waals surface area contributed by atoms with Crippen LogP contribution in [0.4, 0.5) is 0 Å². The first kappa shape index (κ1) is 20.1. The Morgan fingerprint density at radius 2 is 1.76 bits per heavy atom. The second-order valence-corrected chi connectivity index (χ2v) is 8.50. The molecule has 1 aliphatic carbocycles. The third kappa shape index (κ3) is 4.25. The van der Waals surface area contributed by atoms with Gasteiger partial charge in [-0.05, 0) is 73.3 Å². The average molecular weight is 400 g/mol. The van der Waals surface area contributed by atoms with Gasteiger partial charge < -0.3 is 9.47 Å². The van der Waals surface area contributed by atoms with Crippen LogP contribution in [0.2, 0.25) is 0 Å². The molecule has 1 aromatic carbocycles. The molecule has 0 N–H and O–H groups in total. The van der Waals surface area contributed by atoms with Gasteiger partial charge in [-0.3, -0.25) is 4.90 Å². The first-order valence-corrected chi connectivity index (χ1v) is 10.9. The summed E-state index contributed by atoms with van der Waals surface area (Å²) in [6, 6.07) is 6.37. The van der Waals surface area contributed by atoms with Gasteiger partial charge in [0.15, 0.2) is 5.82 Å². The number of aromatic nitrogens is 4. The Bertz CT molecular complexity index is 794. The maximum absolute atomic E-state index is 5.76. The fourth-order valence-electron chi connectivity index (χ4n) is 4.81. The van der Waals surface area contributed by atoms with Crippen LogP contribution in [-0.4, -0.2) is 52.4 Å². The summed E-state index contributed by atoms with van der Waals surface area (Å²) in [5, 5.41) is 13.1. The standard InChI is InChI=1S/C22H33N5O2/c1-16-11-13-26(14-12-16)21(19-15-18(28-2)9-10-20(19)29-3)22-23-24-25-27(22)17-7-5-4-6-8-17/h9-10,15-17,21H,4-8,11-14H2,1-3H3/t21-/m0/s1. The number of hydrogen-bond donors (Lipinski definition) is 0. The molecule has 158 valence electrons. The highest BCUT2D eigenvalue weighted by Gasteiger charge is 2.34. The van der Waals surface area contributed by atoms with Gasteiger partial charge in [-0.1, -0.05) is 26.2 Å². The molecule has 1 atom stereocenters. The highest BCUT2D eigenvalue weighted by atomic mass is 16.5. The van der Waals surface area contributed by atoms with Crippen molar-refractivity contribution in [2.75, 3.05) is 27.3 Å². The summed E-state index contributed by atoms with van der Waals surface area (Å²) in [5.74, 6) is 3.37. The number of tetrazole rings is 1. The normalized spacial score (nSPS) is 20.5. The van der Waals surface area contributed by atoms with Gasteiger partial charge in [0.05, 0.1) is 20.3 Å². The van der Waals surface area contributed by atoms with Gasteiger partial charge in [0.2, 0.25) is 0 Å². The van der Waals surface area contributed by atoms with Crippen LogP contribution in [0.25, 0.3) is 0 Å². The van der Waals surface area contributed by atoms with Crippen molar-refractivity contribution in [2.45, 2.75) is 64.0 Å². The summed E-state index contributed by atoms with van der Waals surface area (Å²) in [7, 11) is 3.43. The molecule has 2 aliphatic rings. The lowest BCUT2D eigenvalue weighted by Gasteiger charge is -2.37. The van der Waals surface area contributed by atoms with Crippen molar-refractivity contribution < 1.29 is 9.47 Å². The van der Waals surface area contributed by atoms with Crippen LogP contribution in [0.5, 0.6) is 11.5 Å². The van der Waals surface area contributed by atoms with E-state index in [0.29, 0.717) is 6.04 Å². The quantitative estimate of drug-likeness (QED) is 0.731. The Labute approximate surface area is 173 Å². The van der Waals surface area contributed by atoms with Crippen molar-refractivity contribution in [1.82, 2.24) is 25.1 Å². The Morgan fingerprint density at radius 3 is 2.45 bits per heavy atom. The number of ether oxygens (including phenoxy) is 2. The molecule has 1 aliphatic heterocycles. The number of rotatable bonds is 6. The third-order valence-electron chi connectivity index (χ3n) is 6.60. The van der Waals surface area contributed by atoms with Gasteiger partial charge in [0, 0.05) is 5.56 Å². The predicted octanol–water partition coefficient (Wildman–Crippen LogP) is 4.02. The van der Waals surface area contributed by atoms with E-state index >= 15 is 0 Å². The lowest BCUT2D eigenvalue weighted by Crippen LogP contribution is -2.38. The molecule has 2 aromatic rings. The molecule has 1 aromatic heterocycles. The first-order chi connectivity index (χ1) is 14.2. The smallest absolute Gasteiger partial charge is 0.173 e. The second-order valence-electron chi connectivity index (χ2n) is 8.50. The van der Waals surface area contributed by atoms with Gasteiger partial charge in [-0.25, -0.2) is 4.68 Å². The Morgan fingerprint density at radius 1 is 1.00 bits per heavy atom. The molecule has 0 radical (unpaired) electrons. The fourth-order valence-corrected chi connectivity index (χ4v) is 4.81. The van der Waals surface area contributed by atoms with E-state index < -0.39 is 0 Å². The Balaban J connectivity index is 1.77. The van der Waals surface area contributed by atoms with E-state index in [1.54, 1.807) is 14.2 Å². The summed E-state index contributed by atoms with van der Waals surface area (Å²) in [5.41, 5.74) is 1.08. The highest BCUT2D eigenvalue weighted by Crippen LogP contribution is 2.39. The van der Waals surface area contributed by atoms with Crippen LogP contribution in [0, 0.1) is 5.92 Å². The van der Waals surface area contributed by atoms with Gasteiger partial charge in [0.25, 0.3) is 0 Å². The molecule has 0 unspecified atom stereocenters. The van der Waals surface area contributed by atoms with Crippen LogP contribution in [0.3, 0.4) is 0 Å². The first-order valence-electron chi connectivity index (χ1n) is 10.9. The number of piperidine rings is 1. The second kappa shape index (κ2) is 9.11. The molecule has 2 fully saturated rings. The van der Waals surface area contributed by atoms with Crippen molar-refractivity contribution in [3.05, 3.63) is 29.6 Å². The fraction of sp³-hybridized carbons (Fsp3) is 0.682. The van der Waals surface area contributed by atoms with Crippen LogP contribution in [0.15, 0.2) is 18.2 Å². The van der Waals surface area contributed by atoms with Crippen LogP contribution in [-0.2, 0) is 0 Å². The predicted molar refractivity (Wildman–Crippen MR) is 111 cm³/mol. The molecule has 1 saturated carbocycles. The van der Waals surface area contributed by atoms with Gasteiger partial charge in [-0.15, -0.1) is 5.10 Å². The van der Waals surface area contributed by atoms with Crippen molar-refractivity contribution in [2.24, 2.45) is 5.92 Å². The number of nitrogens with zero attached hydrogens (tertiary/aromatic N) is 5. The lowest BCUT2D eigenvalue weighted by molar-refractivity contribution is 0.144. The summed E-state index contributed by atoms with van der Waals surface area (Å²) < 4.78 is 13.4. The molecule has 7 heteroatoms. The van der Waals surface area contributed by atoms with Gasteiger partial charge in [0.1, 0.15) is 17.5 Å². The zero-order chi connectivity index (χ0) is 20.2. The molecule has 0 amide bonds. The topological polar surface area (TPSA) is 65.3 Å². The molecule has 1 saturated heterocycles. The summed E-state index contributed by atoms with van der Waals surface area (Å²) in [6.07, 6.45) is 8.48. The van der Waals surface area contributed by atoms with Crippen molar-refractivity contribution in [1.29, 1.82) is 0 Å². The number of benzene rings is 1. The van der Waals surface area contributed by atoms with Gasteiger partial charge in [-0.2, -0.15) is 0 Å². The van der Waals surface area contributed by atoms with Crippen LogP contribution in [0.1, 0.15) is 75.3 Å². The maximum atomic E-state index is 5.76. The zero-order valence-corrected chi connectivity index (χ0v) is 17.9. The van der Waals surface area contributed by atoms with Crippen molar-refractivity contribution >= 4 is 0 Å². The molecular weight excluding hydrogens is 366 g/mol. The molecule has 4 rings (SSSR count). The van der Waals surface area contributed by atoms with E-state index in [-0.39, 0.29) is 6.04 Å². The largest absolute Gasteiger partial charge is 0.497 e. The van der Waals surface area contributed by atoms with E-state index in [2.05, 4.69) is 38.1 Å². The van der Waals surface area contributed by atoms with Crippen LogP contribution >= 0.6 is 0 Å². The number of likely N-dealkylation sites (tertiary alicyclic amines) is 1. The molecular formula is C22H33N5O2. The van der Waals surface area contributed by atoms with Crippen LogP contribution < -0.4 is 9.47 Å². The number of hydrogen-bond acceptors (Lipinski definition) is 6. The highest BCUT2D eigenvalue weighted by molar-refractivity contribution is 5.44. The monoisotopic (exact) mass is 399 g/mol. The summed E-state index contributed by atoms with van der Waals surface area (Å²) in [4.78, 5) is 2.52. The maximum Gasteiger partial charge on any atom is 0.173 e. The van der Waals surface area contributed by atoms with E-state index in [4.69, 9.17) is 9.47 Å². The minimum absolute atomic E-state index is 0.0375. The minimum atomic E-state index is -0.0375. The molecule has 29 heavy (non-hydrogen) atoms. The summed E-state index contributed by atoms with van der Waals surface area (Å²) >= 11 is 0. The third-order valence-corrected chi connectivity index (χ3v) is 6.60. The average Bonchev–Trinajstić information content (AvgIpc) is 3.25. The lowest BCUT2D eigenvalue weighted by atomic mass is 9.93. The summed E-state index contributed by atoms with van der Waals surface area (Å²) in [6.45, 7) is 4.40. The van der Waals surface area contributed by atoms with E-state index in [1.807, 2.05) is 12.1 Å².